The maximum Gasteiger partial charge on any atom is 0.156 e. The molecule has 0 radical (unpaired) electrons. The van der Waals surface area contributed by atoms with Crippen LogP contribution < -0.4 is 5.32 Å². The summed E-state index contributed by atoms with van der Waals surface area (Å²) in [5.74, 6) is 1.23. The van der Waals surface area contributed by atoms with Gasteiger partial charge in [-0.3, -0.25) is 4.99 Å². The second-order valence-electron chi connectivity index (χ2n) is 3.43. The van der Waals surface area contributed by atoms with Crippen molar-refractivity contribution in [3.05, 3.63) is 0 Å². The van der Waals surface area contributed by atoms with E-state index in [-0.39, 0.29) is 0 Å². The van der Waals surface area contributed by atoms with Gasteiger partial charge in [0.25, 0.3) is 0 Å². The smallest absolute Gasteiger partial charge is 0.156 e. The maximum atomic E-state index is 4.54. The molecule has 0 aromatic rings. The third kappa shape index (κ3) is 4.03. The number of aliphatic imine (C=N–C) groups is 1. The molecule has 0 aliphatic carbocycles. The predicted octanol–water partition coefficient (Wildman–Crippen LogP) is 2.65. The standard InChI is InChI=1S/C10H20N2S/c1-3-5-7-11-10-12-9(4-2)6-8-13-10/h9H,3-8H2,1-2H3,(H,11,12). The zero-order chi connectivity index (χ0) is 9.52. The zero-order valence-electron chi connectivity index (χ0n) is 8.68. The van der Waals surface area contributed by atoms with Crippen molar-refractivity contribution in [1.29, 1.82) is 0 Å². The molecule has 13 heavy (non-hydrogen) atoms. The number of hydrogen-bond donors (Lipinski definition) is 1. The van der Waals surface area contributed by atoms with Crippen molar-refractivity contribution in [2.24, 2.45) is 4.99 Å². The topological polar surface area (TPSA) is 24.4 Å². The summed E-state index contributed by atoms with van der Waals surface area (Å²) >= 11 is 1.87. The Balaban J connectivity index is 2.28. The molecule has 1 atom stereocenters. The second-order valence-corrected chi connectivity index (χ2v) is 4.51. The van der Waals surface area contributed by atoms with E-state index in [1.165, 1.54) is 36.6 Å². The van der Waals surface area contributed by atoms with Crippen molar-refractivity contribution in [3.8, 4) is 0 Å². The van der Waals surface area contributed by atoms with E-state index in [2.05, 4.69) is 24.2 Å². The molecule has 2 nitrogen and oxygen atoms in total. The first kappa shape index (κ1) is 10.9. The molecule has 1 aliphatic rings. The van der Waals surface area contributed by atoms with Crippen LogP contribution in [0.3, 0.4) is 0 Å². The lowest BCUT2D eigenvalue weighted by Gasteiger charge is -2.24. The first-order valence-corrected chi connectivity index (χ1v) is 6.29. The Kier molecular flexibility index (Phi) is 5.28. The van der Waals surface area contributed by atoms with Crippen molar-refractivity contribution in [2.75, 3.05) is 12.3 Å². The summed E-state index contributed by atoms with van der Waals surface area (Å²) < 4.78 is 0. The molecule has 1 fully saturated rings. The van der Waals surface area contributed by atoms with E-state index in [1.54, 1.807) is 0 Å². The Labute approximate surface area is 85.6 Å². The summed E-state index contributed by atoms with van der Waals surface area (Å²) in [6.07, 6.45) is 4.95. The minimum atomic E-state index is 0.668. The molecule has 1 unspecified atom stereocenters. The van der Waals surface area contributed by atoms with E-state index < -0.39 is 0 Å². The van der Waals surface area contributed by atoms with E-state index in [0.29, 0.717) is 6.04 Å². The lowest BCUT2D eigenvalue weighted by molar-refractivity contribution is 0.570. The van der Waals surface area contributed by atoms with Crippen LogP contribution in [0.5, 0.6) is 0 Å². The number of nitrogens with zero attached hydrogens (tertiary/aromatic N) is 1. The monoisotopic (exact) mass is 200 g/mol. The number of rotatable bonds is 4. The lowest BCUT2D eigenvalue weighted by Crippen LogP contribution is -2.37. The van der Waals surface area contributed by atoms with Gasteiger partial charge < -0.3 is 5.32 Å². The minimum absolute atomic E-state index is 0.668. The van der Waals surface area contributed by atoms with Crippen LogP contribution in [0.1, 0.15) is 39.5 Å². The first-order chi connectivity index (χ1) is 6.36. The van der Waals surface area contributed by atoms with Gasteiger partial charge in [0.15, 0.2) is 5.17 Å². The van der Waals surface area contributed by atoms with Gasteiger partial charge in [0.1, 0.15) is 0 Å². The van der Waals surface area contributed by atoms with Crippen LogP contribution in [-0.2, 0) is 0 Å². The summed E-state index contributed by atoms with van der Waals surface area (Å²) in [7, 11) is 0. The first-order valence-electron chi connectivity index (χ1n) is 5.30. The van der Waals surface area contributed by atoms with Crippen LogP contribution in [-0.4, -0.2) is 23.5 Å². The summed E-state index contributed by atoms with van der Waals surface area (Å²) in [6, 6.07) is 0.668. The van der Waals surface area contributed by atoms with Crippen LogP contribution in [0.15, 0.2) is 4.99 Å². The number of thioether (sulfide) groups is 1. The Morgan fingerprint density at radius 3 is 3.08 bits per heavy atom. The molecule has 76 valence electrons. The van der Waals surface area contributed by atoms with Crippen LogP contribution in [0.2, 0.25) is 0 Å². The maximum absolute atomic E-state index is 4.54. The van der Waals surface area contributed by atoms with E-state index in [1.807, 2.05) is 11.8 Å². The highest BCUT2D eigenvalue weighted by Gasteiger charge is 2.14. The van der Waals surface area contributed by atoms with Crippen molar-refractivity contribution < 1.29 is 0 Å². The van der Waals surface area contributed by atoms with Crippen molar-refractivity contribution in [1.82, 2.24) is 5.32 Å². The van der Waals surface area contributed by atoms with E-state index in [4.69, 9.17) is 0 Å². The van der Waals surface area contributed by atoms with Crippen LogP contribution in [0, 0.1) is 0 Å². The fraction of sp³-hybridized carbons (Fsp3) is 0.900. The van der Waals surface area contributed by atoms with Gasteiger partial charge in [-0.1, -0.05) is 32.0 Å². The Morgan fingerprint density at radius 2 is 2.38 bits per heavy atom. The average molecular weight is 200 g/mol. The minimum Gasteiger partial charge on any atom is -0.362 e. The highest BCUT2D eigenvalue weighted by Crippen LogP contribution is 2.15. The van der Waals surface area contributed by atoms with Gasteiger partial charge >= 0.3 is 0 Å². The third-order valence-corrected chi connectivity index (χ3v) is 3.25. The molecule has 1 saturated heterocycles. The summed E-state index contributed by atoms with van der Waals surface area (Å²) in [4.78, 5) is 4.54. The Bertz CT molecular complexity index is 168. The molecule has 1 N–H and O–H groups in total. The Hall–Kier alpha value is -0.180. The molecule has 0 spiro atoms. The number of nitrogens with one attached hydrogen (secondary N) is 1. The molecule has 3 heteroatoms. The van der Waals surface area contributed by atoms with E-state index >= 15 is 0 Å². The van der Waals surface area contributed by atoms with Crippen LogP contribution in [0.25, 0.3) is 0 Å². The molecular formula is C10H20N2S. The predicted molar refractivity (Wildman–Crippen MR) is 61.5 cm³/mol. The number of unbranched alkanes of at least 4 members (excludes halogenated alkanes) is 1. The second kappa shape index (κ2) is 6.30. The van der Waals surface area contributed by atoms with Crippen LogP contribution in [0.4, 0.5) is 0 Å². The molecule has 0 aromatic heterocycles. The molecule has 1 aliphatic heterocycles. The molecule has 0 bridgehead atoms. The lowest BCUT2D eigenvalue weighted by atomic mass is 10.2. The fourth-order valence-electron chi connectivity index (χ4n) is 1.32. The van der Waals surface area contributed by atoms with Crippen molar-refractivity contribution in [2.45, 2.75) is 45.6 Å². The van der Waals surface area contributed by atoms with Gasteiger partial charge in [-0.15, -0.1) is 0 Å². The summed E-state index contributed by atoms with van der Waals surface area (Å²) in [6.45, 7) is 5.43. The molecule has 0 amide bonds. The number of amidine groups is 1. The Morgan fingerprint density at radius 1 is 1.54 bits per heavy atom. The SMILES string of the molecule is CCCCN=C1NC(CC)CCS1. The largest absolute Gasteiger partial charge is 0.362 e. The summed E-state index contributed by atoms with van der Waals surface area (Å²) in [5.41, 5.74) is 0. The average Bonchev–Trinajstić information content (AvgIpc) is 2.19. The fourth-order valence-corrected chi connectivity index (χ4v) is 2.35. The number of hydrogen-bond acceptors (Lipinski definition) is 2. The molecule has 0 aromatic carbocycles. The molecule has 0 saturated carbocycles. The van der Waals surface area contributed by atoms with E-state index in [0.717, 1.165) is 6.54 Å². The van der Waals surface area contributed by atoms with Crippen molar-refractivity contribution >= 4 is 16.9 Å². The van der Waals surface area contributed by atoms with E-state index in [9.17, 15) is 0 Å². The summed E-state index contributed by atoms with van der Waals surface area (Å²) in [5, 5.41) is 4.65. The van der Waals surface area contributed by atoms with Gasteiger partial charge in [0, 0.05) is 18.3 Å². The van der Waals surface area contributed by atoms with Crippen LogP contribution >= 0.6 is 11.8 Å². The van der Waals surface area contributed by atoms with Crippen molar-refractivity contribution in [3.63, 3.8) is 0 Å². The molecule has 1 rings (SSSR count). The van der Waals surface area contributed by atoms with Gasteiger partial charge in [0.05, 0.1) is 0 Å². The van der Waals surface area contributed by atoms with Gasteiger partial charge in [-0.2, -0.15) is 0 Å². The normalized spacial score (nSPS) is 26.0. The highest BCUT2D eigenvalue weighted by atomic mass is 32.2. The van der Waals surface area contributed by atoms with Gasteiger partial charge in [-0.05, 0) is 19.3 Å². The quantitative estimate of drug-likeness (QED) is 0.706. The molecule has 1 heterocycles. The zero-order valence-corrected chi connectivity index (χ0v) is 9.49. The highest BCUT2D eigenvalue weighted by molar-refractivity contribution is 8.13. The van der Waals surface area contributed by atoms with Gasteiger partial charge in [-0.25, -0.2) is 0 Å². The third-order valence-electron chi connectivity index (χ3n) is 2.29. The van der Waals surface area contributed by atoms with Gasteiger partial charge in [0.2, 0.25) is 0 Å². The molecular weight excluding hydrogens is 180 g/mol.